The molecule has 0 radical (unpaired) electrons. The minimum Gasteiger partial charge on any atom is -0.495 e. The van der Waals surface area contributed by atoms with Gasteiger partial charge in [-0.2, -0.15) is 0 Å². The summed E-state index contributed by atoms with van der Waals surface area (Å²) >= 11 is 1.30. The summed E-state index contributed by atoms with van der Waals surface area (Å²) in [6, 6.07) is 12.4. The Kier molecular flexibility index (Phi) is 6.28. The standard InChI is InChI=1S/C19H20N4O4S/c1-25-14-7-5-4-6-13(14)20-18(24)21-19-23-22-17(28-19)11-12-8-9-15(26-2)16(10-12)27-3/h4-10H,11H2,1-3H3,(H2,20,21,23,24). The van der Waals surface area contributed by atoms with E-state index in [4.69, 9.17) is 14.2 Å². The van der Waals surface area contributed by atoms with E-state index >= 15 is 0 Å². The van der Waals surface area contributed by atoms with Crippen molar-refractivity contribution in [3.8, 4) is 17.2 Å². The molecule has 146 valence electrons. The summed E-state index contributed by atoms with van der Waals surface area (Å²) in [7, 11) is 4.73. The molecule has 0 saturated carbocycles. The van der Waals surface area contributed by atoms with Gasteiger partial charge in [0, 0.05) is 6.42 Å². The van der Waals surface area contributed by atoms with E-state index < -0.39 is 6.03 Å². The van der Waals surface area contributed by atoms with E-state index in [1.54, 1.807) is 33.5 Å². The molecule has 28 heavy (non-hydrogen) atoms. The van der Waals surface area contributed by atoms with Crippen LogP contribution in [0.4, 0.5) is 15.6 Å². The van der Waals surface area contributed by atoms with Crippen LogP contribution < -0.4 is 24.8 Å². The van der Waals surface area contributed by atoms with E-state index in [0.717, 1.165) is 10.6 Å². The predicted octanol–water partition coefficient (Wildman–Crippen LogP) is 3.80. The molecule has 0 unspecified atom stereocenters. The van der Waals surface area contributed by atoms with Gasteiger partial charge in [0.25, 0.3) is 0 Å². The van der Waals surface area contributed by atoms with Crippen molar-refractivity contribution in [2.45, 2.75) is 6.42 Å². The number of hydrogen-bond donors (Lipinski definition) is 2. The number of carbonyl (C=O) groups is 1. The van der Waals surface area contributed by atoms with Crippen molar-refractivity contribution in [3.63, 3.8) is 0 Å². The Morgan fingerprint density at radius 3 is 2.43 bits per heavy atom. The van der Waals surface area contributed by atoms with E-state index in [1.807, 2.05) is 30.3 Å². The Bertz CT molecular complexity index is 961. The smallest absolute Gasteiger partial charge is 0.325 e. The van der Waals surface area contributed by atoms with Crippen LogP contribution in [0.25, 0.3) is 0 Å². The molecule has 1 heterocycles. The van der Waals surface area contributed by atoms with Crippen molar-refractivity contribution < 1.29 is 19.0 Å². The SMILES string of the molecule is COc1ccccc1NC(=O)Nc1nnc(Cc2ccc(OC)c(OC)c2)s1. The van der Waals surface area contributed by atoms with Crippen LogP contribution in [0.5, 0.6) is 17.2 Å². The van der Waals surface area contributed by atoms with Crippen molar-refractivity contribution in [2.24, 2.45) is 0 Å². The Morgan fingerprint density at radius 1 is 0.929 bits per heavy atom. The molecule has 0 aliphatic rings. The lowest BCUT2D eigenvalue weighted by Crippen LogP contribution is -2.19. The number of benzene rings is 2. The number of para-hydroxylation sites is 2. The molecule has 8 nitrogen and oxygen atoms in total. The number of ether oxygens (including phenoxy) is 3. The minimum absolute atomic E-state index is 0.405. The molecule has 1 aromatic heterocycles. The van der Waals surface area contributed by atoms with Crippen LogP contribution >= 0.6 is 11.3 Å². The number of urea groups is 1. The Labute approximate surface area is 166 Å². The van der Waals surface area contributed by atoms with E-state index in [2.05, 4.69) is 20.8 Å². The van der Waals surface area contributed by atoms with Gasteiger partial charge in [0.2, 0.25) is 5.13 Å². The fourth-order valence-corrected chi connectivity index (χ4v) is 3.31. The molecule has 0 fully saturated rings. The molecule has 0 saturated heterocycles. The minimum atomic E-state index is -0.418. The average molecular weight is 400 g/mol. The van der Waals surface area contributed by atoms with Gasteiger partial charge in [0.15, 0.2) is 11.5 Å². The number of nitrogens with one attached hydrogen (secondary N) is 2. The zero-order chi connectivity index (χ0) is 19.9. The van der Waals surface area contributed by atoms with Crippen molar-refractivity contribution in [1.82, 2.24) is 10.2 Å². The van der Waals surface area contributed by atoms with Gasteiger partial charge in [-0.25, -0.2) is 4.79 Å². The first-order chi connectivity index (χ1) is 13.6. The number of methoxy groups -OCH3 is 3. The second-order valence-electron chi connectivity index (χ2n) is 5.65. The number of carbonyl (C=O) groups excluding carboxylic acids is 1. The summed E-state index contributed by atoms with van der Waals surface area (Å²) in [6.45, 7) is 0. The summed E-state index contributed by atoms with van der Waals surface area (Å²) in [5.41, 5.74) is 1.57. The van der Waals surface area contributed by atoms with Gasteiger partial charge in [0.1, 0.15) is 10.8 Å². The van der Waals surface area contributed by atoms with Crippen molar-refractivity contribution >= 4 is 28.2 Å². The molecule has 9 heteroatoms. The molecule has 2 aromatic carbocycles. The first-order valence-corrected chi connectivity index (χ1v) is 9.19. The molecule has 0 bridgehead atoms. The predicted molar refractivity (Wildman–Crippen MR) is 108 cm³/mol. The largest absolute Gasteiger partial charge is 0.495 e. The molecular weight excluding hydrogens is 380 g/mol. The maximum Gasteiger partial charge on any atom is 0.325 e. The van der Waals surface area contributed by atoms with E-state index in [0.29, 0.717) is 34.5 Å². The summed E-state index contributed by atoms with van der Waals surface area (Å²) in [5.74, 6) is 1.89. The number of anilines is 2. The van der Waals surface area contributed by atoms with Gasteiger partial charge in [-0.3, -0.25) is 5.32 Å². The van der Waals surface area contributed by atoms with Gasteiger partial charge in [-0.05, 0) is 29.8 Å². The Morgan fingerprint density at radius 2 is 1.68 bits per heavy atom. The number of amides is 2. The number of hydrogen-bond acceptors (Lipinski definition) is 7. The maximum atomic E-state index is 12.2. The van der Waals surface area contributed by atoms with E-state index in [-0.39, 0.29) is 0 Å². The van der Waals surface area contributed by atoms with Crippen LogP contribution in [0.15, 0.2) is 42.5 Å². The maximum absolute atomic E-state index is 12.2. The molecule has 0 aliphatic carbocycles. The quantitative estimate of drug-likeness (QED) is 0.626. The number of aromatic nitrogens is 2. The zero-order valence-electron chi connectivity index (χ0n) is 15.7. The van der Waals surface area contributed by atoms with Crippen molar-refractivity contribution in [1.29, 1.82) is 0 Å². The lowest BCUT2D eigenvalue weighted by atomic mass is 10.1. The highest BCUT2D eigenvalue weighted by molar-refractivity contribution is 7.15. The van der Waals surface area contributed by atoms with Crippen molar-refractivity contribution in [3.05, 3.63) is 53.0 Å². The van der Waals surface area contributed by atoms with Crippen LogP contribution in [0.2, 0.25) is 0 Å². The van der Waals surface area contributed by atoms with Gasteiger partial charge in [-0.1, -0.05) is 29.5 Å². The summed E-state index contributed by atoms with van der Waals surface area (Å²) in [4.78, 5) is 12.2. The third kappa shape index (κ3) is 4.68. The molecular formula is C19H20N4O4S. The fraction of sp³-hybridized carbons (Fsp3) is 0.211. The Balaban J connectivity index is 1.63. The highest BCUT2D eigenvalue weighted by Crippen LogP contribution is 2.29. The molecule has 2 amide bonds. The van der Waals surface area contributed by atoms with Gasteiger partial charge in [-0.15, -0.1) is 10.2 Å². The van der Waals surface area contributed by atoms with Crippen LogP contribution in [0, 0.1) is 0 Å². The topological polar surface area (TPSA) is 94.6 Å². The third-order valence-corrected chi connectivity index (χ3v) is 4.68. The van der Waals surface area contributed by atoms with E-state index in [1.165, 1.54) is 11.3 Å². The average Bonchev–Trinajstić information content (AvgIpc) is 3.14. The normalized spacial score (nSPS) is 10.2. The van der Waals surface area contributed by atoms with Gasteiger partial charge in [0.05, 0.1) is 27.0 Å². The lowest BCUT2D eigenvalue weighted by molar-refractivity contribution is 0.262. The van der Waals surface area contributed by atoms with Crippen LogP contribution in [-0.4, -0.2) is 37.6 Å². The van der Waals surface area contributed by atoms with Crippen LogP contribution in [0.3, 0.4) is 0 Å². The van der Waals surface area contributed by atoms with Crippen LogP contribution in [0.1, 0.15) is 10.6 Å². The molecule has 0 atom stereocenters. The van der Waals surface area contributed by atoms with Crippen LogP contribution in [-0.2, 0) is 6.42 Å². The third-order valence-electron chi connectivity index (χ3n) is 3.85. The molecule has 0 spiro atoms. The molecule has 2 N–H and O–H groups in total. The summed E-state index contributed by atoms with van der Waals surface area (Å²) in [5, 5.41) is 14.7. The van der Waals surface area contributed by atoms with Crippen molar-refractivity contribution in [2.75, 3.05) is 32.0 Å². The lowest BCUT2D eigenvalue weighted by Gasteiger charge is -2.09. The Hall–Kier alpha value is -3.33. The molecule has 0 aliphatic heterocycles. The highest BCUT2D eigenvalue weighted by Gasteiger charge is 2.12. The number of rotatable bonds is 7. The first kappa shape index (κ1) is 19.4. The summed E-state index contributed by atoms with van der Waals surface area (Å²) in [6.07, 6.45) is 0.563. The molecule has 3 aromatic rings. The number of nitrogens with zero attached hydrogens (tertiary/aromatic N) is 2. The monoisotopic (exact) mass is 400 g/mol. The first-order valence-electron chi connectivity index (χ1n) is 8.37. The zero-order valence-corrected chi connectivity index (χ0v) is 16.5. The highest BCUT2D eigenvalue weighted by atomic mass is 32.1. The second-order valence-corrected chi connectivity index (χ2v) is 6.71. The second kappa shape index (κ2) is 9.05. The van der Waals surface area contributed by atoms with Gasteiger partial charge >= 0.3 is 6.03 Å². The van der Waals surface area contributed by atoms with Gasteiger partial charge < -0.3 is 19.5 Å². The fourth-order valence-electron chi connectivity index (χ4n) is 2.54. The summed E-state index contributed by atoms with van der Waals surface area (Å²) < 4.78 is 15.8. The van der Waals surface area contributed by atoms with E-state index in [9.17, 15) is 4.79 Å². The molecule has 3 rings (SSSR count).